The second-order valence-electron chi connectivity index (χ2n) is 8.57. The molecule has 10 nitrogen and oxygen atoms in total. The lowest BCUT2D eigenvalue weighted by molar-refractivity contribution is -0.134. The molecule has 2 aliphatic heterocycles. The second kappa shape index (κ2) is 9.62. The van der Waals surface area contributed by atoms with Crippen LogP contribution >= 0.6 is 0 Å². The SMILES string of the molecule is CNC(=O)COC1=CC2C=C(Nc3nc(N4CCN(C)CC4)ncc3C)C=CC2N(C)C1=O. The number of piperazine rings is 1. The van der Waals surface area contributed by atoms with Crippen LogP contribution in [0.2, 0.25) is 0 Å². The van der Waals surface area contributed by atoms with E-state index >= 15 is 0 Å². The molecule has 2 N–H and O–H groups in total. The number of nitrogens with zero attached hydrogens (tertiary/aromatic N) is 5. The Morgan fingerprint density at radius 1 is 1.21 bits per heavy atom. The number of ether oxygens (including phenoxy) is 1. The third-order valence-electron chi connectivity index (χ3n) is 6.21. The van der Waals surface area contributed by atoms with Crippen LogP contribution < -0.4 is 15.5 Å². The van der Waals surface area contributed by atoms with Crippen molar-refractivity contribution in [3.63, 3.8) is 0 Å². The lowest BCUT2D eigenvalue weighted by Crippen LogP contribution is -2.46. The number of hydrogen-bond donors (Lipinski definition) is 2. The molecule has 1 saturated heterocycles. The molecule has 1 aromatic rings. The van der Waals surface area contributed by atoms with Crippen molar-refractivity contribution < 1.29 is 14.3 Å². The second-order valence-corrected chi connectivity index (χ2v) is 8.57. The van der Waals surface area contributed by atoms with Crippen LogP contribution in [-0.2, 0) is 14.3 Å². The minimum absolute atomic E-state index is 0.0841. The van der Waals surface area contributed by atoms with Gasteiger partial charge in [0, 0.05) is 63.6 Å². The van der Waals surface area contributed by atoms with Crippen molar-refractivity contribution in [2.24, 2.45) is 5.92 Å². The van der Waals surface area contributed by atoms with Crippen LogP contribution in [0, 0.1) is 12.8 Å². The van der Waals surface area contributed by atoms with E-state index in [2.05, 4.69) is 32.5 Å². The van der Waals surface area contributed by atoms with E-state index < -0.39 is 0 Å². The highest BCUT2D eigenvalue weighted by molar-refractivity contribution is 5.93. The van der Waals surface area contributed by atoms with E-state index in [1.165, 1.54) is 7.05 Å². The molecule has 0 spiro atoms. The van der Waals surface area contributed by atoms with Crippen LogP contribution in [0.3, 0.4) is 0 Å². The summed E-state index contributed by atoms with van der Waals surface area (Å²) in [7, 11) is 5.39. The molecule has 3 aliphatic rings. The van der Waals surface area contributed by atoms with Gasteiger partial charge in [-0.2, -0.15) is 4.98 Å². The van der Waals surface area contributed by atoms with Crippen molar-refractivity contribution >= 4 is 23.6 Å². The summed E-state index contributed by atoms with van der Waals surface area (Å²) >= 11 is 0. The molecule has 0 radical (unpaired) electrons. The highest BCUT2D eigenvalue weighted by atomic mass is 16.5. The number of amides is 2. The quantitative estimate of drug-likeness (QED) is 0.642. The number of aromatic nitrogens is 2. The van der Waals surface area contributed by atoms with Crippen molar-refractivity contribution in [3.05, 3.63) is 47.5 Å². The first-order valence-electron chi connectivity index (χ1n) is 11.1. The van der Waals surface area contributed by atoms with Crippen molar-refractivity contribution in [1.82, 2.24) is 25.1 Å². The van der Waals surface area contributed by atoms with Gasteiger partial charge in [-0.25, -0.2) is 4.98 Å². The van der Waals surface area contributed by atoms with Gasteiger partial charge in [-0.1, -0.05) is 12.2 Å². The maximum atomic E-state index is 12.6. The Hall–Kier alpha value is -3.40. The number of aryl methyl sites for hydroxylation is 1. The van der Waals surface area contributed by atoms with Gasteiger partial charge in [0.05, 0.1) is 6.04 Å². The van der Waals surface area contributed by atoms with Crippen molar-refractivity contribution in [3.8, 4) is 0 Å². The lowest BCUT2D eigenvalue weighted by Gasteiger charge is -2.36. The molecule has 33 heavy (non-hydrogen) atoms. The van der Waals surface area contributed by atoms with Crippen LogP contribution in [0.5, 0.6) is 0 Å². The number of likely N-dealkylation sites (N-methyl/N-ethyl adjacent to an activating group) is 3. The summed E-state index contributed by atoms with van der Waals surface area (Å²) < 4.78 is 5.48. The summed E-state index contributed by atoms with van der Waals surface area (Å²) in [5.74, 6) is 1.06. The van der Waals surface area contributed by atoms with Crippen LogP contribution in [0.15, 0.2) is 42.0 Å². The lowest BCUT2D eigenvalue weighted by atomic mass is 9.89. The molecule has 0 saturated carbocycles. The molecule has 4 rings (SSSR count). The first-order chi connectivity index (χ1) is 15.9. The van der Waals surface area contributed by atoms with Gasteiger partial charge < -0.3 is 30.1 Å². The largest absolute Gasteiger partial charge is 0.478 e. The van der Waals surface area contributed by atoms with Gasteiger partial charge in [0.25, 0.3) is 11.8 Å². The topological polar surface area (TPSA) is 103 Å². The molecule has 3 heterocycles. The minimum atomic E-state index is -0.287. The van der Waals surface area contributed by atoms with Gasteiger partial charge in [-0.3, -0.25) is 9.59 Å². The summed E-state index contributed by atoms with van der Waals surface area (Å²) in [6, 6.07) is -0.109. The number of hydrogen-bond acceptors (Lipinski definition) is 8. The monoisotopic (exact) mass is 453 g/mol. The average molecular weight is 454 g/mol. The van der Waals surface area contributed by atoms with E-state index in [0.717, 1.165) is 49.2 Å². The maximum Gasteiger partial charge on any atom is 0.288 e. The molecule has 1 fully saturated rings. The summed E-state index contributed by atoms with van der Waals surface area (Å²) in [5.41, 5.74) is 1.83. The Balaban J connectivity index is 1.51. The van der Waals surface area contributed by atoms with Crippen LogP contribution in [0.1, 0.15) is 5.56 Å². The van der Waals surface area contributed by atoms with E-state index in [9.17, 15) is 9.59 Å². The zero-order valence-electron chi connectivity index (χ0n) is 19.5. The summed E-state index contributed by atoms with van der Waals surface area (Å²) in [4.78, 5) is 39.6. The molecule has 2 unspecified atom stereocenters. The van der Waals surface area contributed by atoms with Crippen molar-refractivity contribution in [1.29, 1.82) is 0 Å². The molecule has 176 valence electrons. The van der Waals surface area contributed by atoms with Crippen LogP contribution in [-0.4, -0.2) is 91.6 Å². The van der Waals surface area contributed by atoms with Crippen LogP contribution in [0.4, 0.5) is 11.8 Å². The average Bonchev–Trinajstić information content (AvgIpc) is 2.82. The predicted octanol–water partition coefficient (Wildman–Crippen LogP) is 0.506. The minimum Gasteiger partial charge on any atom is -0.478 e. The normalized spacial score (nSPS) is 23.0. The molecule has 0 bridgehead atoms. The van der Waals surface area contributed by atoms with Gasteiger partial charge in [0.1, 0.15) is 5.82 Å². The predicted molar refractivity (Wildman–Crippen MR) is 125 cm³/mol. The van der Waals surface area contributed by atoms with E-state index in [-0.39, 0.29) is 36.1 Å². The van der Waals surface area contributed by atoms with E-state index in [4.69, 9.17) is 9.72 Å². The molecular formula is C23H31N7O3. The summed E-state index contributed by atoms with van der Waals surface area (Å²) in [5, 5.41) is 5.91. The summed E-state index contributed by atoms with van der Waals surface area (Å²) in [6.45, 7) is 5.55. The van der Waals surface area contributed by atoms with Gasteiger partial charge in [0.15, 0.2) is 12.4 Å². The van der Waals surface area contributed by atoms with Gasteiger partial charge in [-0.05, 0) is 26.1 Å². The highest BCUT2D eigenvalue weighted by Gasteiger charge is 2.34. The molecule has 10 heteroatoms. The molecule has 1 aliphatic carbocycles. The fraction of sp³-hybridized carbons (Fsp3) is 0.478. The van der Waals surface area contributed by atoms with Crippen molar-refractivity contribution in [2.45, 2.75) is 13.0 Å². The van der Waals surface area contributed by atoms with E-state index in [1.807, 2.05) is 31.3 Å². The zero-order valence-corrected chi connectivity index (χ0v) is 19.5. The maximum absolute atomic E-state index is 12.6. The molecule has 2 amide bonds. The number of nitrogens with one attached hydrogen (secondary N) is 2. The Morgan fingerprint density at radius 3 is 2.70 bits per heavy atom. The van der Waals surface area contributed by atoms with E-state index in [0.29, 0.717) is 0 Å². The van der Waals surface area contributed by atoms with Gasteiger partial charge >= 0.3 is 0 Å². The first kappa shape index (κ1) is 22.8. The van der Waals surface area contributed by atoms with Gasteiger partial charge in [0.2, 0.25) is 5.95 Å². The molecule has 0 aromatic carbocycles. The standard InChI is InChI=1S/C23H31N7O3/c1-15-13-25-23(30-9-7-28(3)8-10-30)27-21(15)26-17-5-6-18-16(11-17)12-19(22(32)29(18)4)33-14-20(31)24-2/h5-6,11-13,16,18H,7-10,14H2,1-4H3,(H,24,31)(H,25,26,27). The summed E-state index contributed by atoms with van der Waals surface area (Å²) in [6.07, 6.45) is 9.63. The molecule has 2 atom stereocenters. The Kier molecular flexibility index (Phi) is 6.64. The van der Waals surface area contributed by atoms with Gasteiger partial charge in [-0.15, -0.1) is 0 Å². The number of carbonyl (C=O) groups is 2. The zero-order chi connectivity index (χ0) is 23.5. The molecular weight excluding hydrogens is 422 g/mol. The Labute approximate surface area is 194 Å². The highest BCUT2D eigenvalue weighted by Crippen LogP contribution is 2.30. The Bertz CT molecular complexity index is 1010. The first-order valence-corrected chi connectivity index (χ1v) is 11.1. The number of carbonyl (C=O) groups excluding carboxylic acids is 2. The van der Waals surface area contributed by atoms with E-state index in [1.54, 1.807) is 18.0 Å². The number of rotatable bonds is 6. The number of fused-ring (bicyclic) bond motifs is 1. The third-order valence-corrected chi connectivity index (χ3v) is 6.21. The Morgan fingerprint density at radius 2 is 1.97 bits per heavy atom. The fourth-order valence-corrected chi connectivity index (χ4v) is 4.04. The third kappa shape index (κ3) is 5.00. The smallest absolute Gasteiger partial charge is 0.288 e. The van der Waals surface area contributed by atoms with Crippen molar-refractivity contribution in [2.75, 3.05) is 64.1 Å². The fourth-order valence-electron chi connectivity index (χ4n) is 4.04. The number of allylic oxidation sites excluding steroid dienone is 1. The molecule has 1 aromatic heterocycles. The van der Waals surface area contributed by atoms with Crippen LogP contribution in [0.25, 0.3) is 0 Å². The number of anilines is 2.